The zero-order valence-electron chi connectivity index (χ0n) is 39.0. The van der Waals surface area contributed by atoms with Gasteiger partial charge in [-0.25, -0.2) is 0 Å². The molecule has 0 amide bonds. The van der Waals surface area contributed by atoms with Crippen molar-refractivity contribution in [3.63, 3.8) is 0 Å². The van der Waals surface area contributed by atoms with Crippen LogP contribution in [0.4, 0.5) is 0 Å². The van der Waals surface area contributed by atoms with Crippen LogP contribution < -0.4 is 20.7 Å². The Balaban J connectivity index is 1.24. The number of nitrogens with zero attached hydrogens (tertiary/aromatic N) is 2. The molecule has 0 atom stereocenters. The quantitative estimate of drug-likeness (QED) is 0.122. The minimum Gasteiger partial charge on any atom is -0.456 e. The normalized spacial score (nSPS) is 14.1. The fourth-order valence-electron chi connectivity index (χ4n) is 9.37. The topological polar surface area (TPSA) is 23.0 Å². The molecule has 3 aromatic heterocycles. The maximum atomic E-state index is 9.36. The van der Waals surface area contributed by atoms with Crippen molar-refractivity contribution in [3.05, 3.63) is 218 Å². The lowest BCUT2D eigenvalue weighted by atomic mass is 10.1. The van der Waals surface area contributed by atoms with Crippen molar-refractivity contribution in [2.24, 2.45) is 0 Å². The lowest BCUT2D eigenvalue weighted by Crippen LogP contribution is -2.74. The fraction of sp³-hybridized carbons (Fsp3) is 0. The van der Waals surface area contributed by atoms with Gasteiger partial charge in [0.15, 0.2) is 8.07 Å². The van der Waals surface area contributed by atoms with Gasteiger partial charge in [0.25, 0.3) is 0 Å². The molecule has 0 unspecified atom stereocenters. The van der Waals surface area contributed by atoms with Crippen molar-refractivity contribution in [1.82, 2.24) is 9.13 Å². The van der Waals surface area contributed by atoms with Crippen LogP contribution in [0.5, 0.6) is 0 Å². The van der Waals surface area contributed by atoms with E-state index in [1.165, 1.54) is 20.7 Å². The molecule has 0 radical (unpaired) electrons. The summed E-state index contributed by atoms with van der Waals surface area (Å²) in [5.74, 6) is 0. The predicted octanol–water partition coefficient (Wildman–Crippen LogP) is 11.2. The van der Waals surface area contributed by atoms with E-state index in [2.05, 4.69) is 126 Å². The molecule has 0 aliphatic rings. The van der Waals surface area contributed by atoms with Crippen LogP contribution in [0, 0.1) is 0 Å². The number of furan rings is 1. The average molecular weight is 765 g/mol. The van der Waals surface area contributed by atoms with Crippen molar-refractivity contribution < 1.29 is 15.4 Å². The molecule has 0 saturated carbocycles. The Morgan fingerprint density at radius 1 is 0.397 bits per heavy atom. The molecule has 0 saturated heterocycles. The van der Waals surface area contributed by atoms with Gasteiger partial charge in [-0.2, -0.15) is 0 Å². The first-order valence-corrected chi connectivity index (χ1v) is 21.3. The number of fused-ring (bicyclic) bond motifs is 10. The summed E-state index contributed by atoms with van der Waals surface area (Å²) >= 11 is 0. The van der Waals surface area contributed by atoms with Crippen LogP contribution in [0.15, 0.2) is 223 Å². The number of rotatable bonds is 6. The monoisotopic (exact) mass is 764 g/mol. The molecule has 9 aromatic carbocycles. The van der Waals surface area contributed by atoms with E-state index in [4.69, 9.17) is 12.6 Å². The molecule has 4 heteroatoms. The first-order valence-electron chi connectivity index (χ1n) is 23.3. The lowest BCUT2D eigenvalue weighted by Gasteiger charge is -2.34. The summed E-state index contributed by atoms with van der Waals surface area (Å²) < 4.78 is 82.5. The van der Waals surface area contributed by atoms with E-state index in [0.29, 0.717) is 22.2 Å². The van der Waals surface area contributed by atoms with Gasteiger partial charge < -0.3 is 13.6 Å². The highest BCUT2D eigenvalue weighted by Gasteiger charge is 2.41. The Kier molecular flexibility index (Phi) is 5.68. The number of para-hydroxylation sites is 4. The molecule has 0 N–H and O–H groups in total. The standard InChI is InChI=1S/C54H36N2OSi/c1-4-18-38(19-5-1)58(39-20-6-2-7-21-39,40-22-8-3-9-23-40)41-34-32-37(33-35-41)55-48-30-16-12-26-44(48)52-49(36-51-53(54(52)55)45-27-13-17-31-50(45)57-51)56-46-28-14-10-24-42(46)43-25-11-15-29-47(43)56/h1-36H/i10D,11D,14D,15D,24D,25D,28D,29D. The summed E-state index contributed by atoms with van der Waals surface area (Å²) in [7, 11) is -2.87. The van der Waals surface area contributed by atoms with E-state index in [1.54, 1.807) is 4.57 Å². The highest BCUT2D eigenvalue weighted by Crippen LogP contribution is 2.45. The number of aromatic nitrogens is 2. The Morgan fingerprint density at radius 2 is 0.897 bits per heavy atom. The largest absolute Gasteiger partial charge is 0.456 e. The molecule has 0 fully saturated rings. The van der Waals surface area contributed by atoms with Gasteiger partial charge in [0.1, 0.15) is 11.2 Å². The Labute approximate surface area is 347 Å². The van der Waals surface area contributed by atoms with Crippen LogP contribution in [0.2, 0.25) is 0 Å². The van der Waals surface area contributed by atoms with Crippen LogP contribution >= 0.6 is 0 Å². The summed E-state index contributed by atoms with van der Waals surface area (Å²) in [5, 5.41) is 8.25. The molecule has 3 heterocycles. The first kappa shape index (κ1) is 25.7. The average Bonchev–Trinajstić information content (AvgIpc) is 4.04. The second-order valence-corrected chi connectivity index (χ2v) is 18.4. The maximum Gasteiger partial charge on any atom is 0.179 e. The van der Waals surface area contributed by atoms with E-state index >= 15 is 0 Å². The second-order valence-electron chi connectivity index (χ2n) is 14.6. The van der Waals surface area contributed by atoms with E-state index in [0.717, 1.165) is 32.9 Å². The van der Waals surface area contributed by atoms with Gasteiger partial charge in [-0.15, -0.1) is 0 Å². The Morgan fingerprint density at radius 3 is 1.50 bits per heavy atom. The van der Waals surface area contributed by atoms with Crippen LogP contribution in [0.3, 0.4) is 0 Å². The summed E-state index contributed by atoms with van der Waals surface area (Å²) in [6, 6.07) is 55.4. The minimum atomic E-state index is -2.87. The van der Waals surface area contributed by atoms with Gasteiger partial charge in [0.2, 0.25) is 0 Å². The molecular formula is C54H36N2OSi. The third kappa shape index (κ3) is 4.61. The van der Waals surface area contributed by atoms with Gasteiger partial charge in [-0.05, 0) is 57.1 Å². The smallest absolute Gasteiger partial charge is 0.179 e. The van der Waals surface area contributed by atoms with Crippen molar-refractivity contribution in [2.45, 2.75) is 0 Å². The van der Waals surface area contributed by atoms with Gasteiger partial charge in [-0.1, -0.05) is 176 Å². The van der Waals surface area contributed by atoms with E-state index < -0.39 is 32.2 Å². The molecule has 12 aromatic rings. The van der Waals surface area contributed by atoms with Crippen molar-refractivity contribution in [3.8, 4) is 11.4 Å². The molecule has 0 spiro atoms. The minimum absolute atomic E-state index is 0.0167. The molecule has 3 nitrogen and oxygen atoms in total. The molecule has 0 aliphatic carbocycles. The van der Waals surface area contributed by atoms with Crippen molar-refractivity contribution in [1.29, 1.82) is 0 Å². The highest BCUT2D eigenvalue weighted by atomic mass is 28.3. The van der Waals surface area contributed by atoms with Crippen LogP contribution in [0.25, 0.3) is 76.9 Å². The van der Waals surface area contributed by atoms with Crippen LogP contribution in [-0.4, -0.2) is 17.2 Å². The fourth-order valence-corrected chi connectivity index (χ4v) is 14.1. The van der Waals surface area contributed by atoms with Gasteiger partial charge in [0, 0.05) is 38.7 Å². The molecule has 0 aliphatic heterocycles. The second kappa shape index (κ2) is 12.8. The van der Waals surface area contributed by atoms with Gasteiger partial charge in [0.05, 0.1) is 44.1 Å². The Hall–Kier alpha value is -7.40. The molecule has 0 bridgehead atoms. The SMILES string of the molecule is [2H]c1c([2H])c([2H])c2c(c1[2H])c1c([2H])c([2H])c([2H])c([2H])c1n2-c1cc2oc3ccccc3c2c2c1c1ccccc1n2-c1ccc([Si](c2ccccc2)(c2ccccc2)c2ccccc2)cc1. The van der Waals surface area contributed by atoms with E-state index in [9.17, 15) is 2.74 Å². The zero-order valence-corrected chi connectivity index (χ0v) is 32.0. The molecule has 272 valence electrons. The van der Waals surface area contributed by atoms with E-state index in [1.807, 2.05) is 48.5 Å². The molecular weight excluding hydrogens is 721 g/mol. The van der Waals surface area contributed by atoms with Crippen molar-refractivity contribution >= 4 is 94.4 Å². The van der Waals surface area contributed by atoms with Gasteiger partial charge >= 0.3 is 0 Å². The summed E-state index contributed by atoms with van der Waals surface area (Å²) in [5.41, 5.74) is 4.19. The molecule has 12 rings (SSSR count). The third-order valence-corrected chi connectivity index (χ3v) is 16.5. The van der Waals surface area contributed by atoms with Crippen LogP contribution in [-0.2, 0) is 0 Å². The lowest BCUT2D eigenvalue weighted by molar-refractivity contribution is 0.669. The summed E-state index contributed by atoms with van der Waals surface area (Å²) in [4.78, 5) is 0. The third-order valence-electron chi connectivity index (χ3n) is 11.7. The van der Waals surface area contributed by atoms with E-state index in [-0.39, 0.29) is 46.0 Å². The first-order chi connectivity index (χ1) is 32.1. The summed E-state index contributed by atoms with van der Waals surface area (Å²) in [6.07, 6.45) is 0. The Bertz CT molecular complexity index is 3790. The maximum absolute atomic E-state index is 9.36. The summed E-state index contributed by atoms with van der Waals surface area (Å²) in [6.45, 7) is 0. The number of hydrogen-bond acceptors (Lipinski definition) is 1. The van der Waals surface area contributed by atoms with Crippen molar-refractivity contribution in [2.75, 3.05) is 0 Å². The zero-order chi connectivity index (χ0) is 45.2. The predicted molar refractivity (Wildman–Crippen MR) is 246 cm³/mol. The van der Waals surface area contributed by atoms with Gasteiger partial charge in [-0.3, -0.25) is 0 Å². The number of hydrogen-bond donors (Lipinski definition) is 0. The van der Waals surface area contributed by atoms with Crippen LogP contribution in [0.1, 0.15) is 11.0 Å². The number of benzene rings is 9. The highest BCUT2D eigenvalue weighted by molar-refractivity contribution is 7.19. The molecule has 58 heavy (non-hydrogen) atoms.